The van der Waals surface area contributed by atoms with Gasteiger partial charge in [-0.25, -0.2) is 0 Å². The van der Waals surface area contributed by atoms with Crippen molar-refractivity contribution < 1.29 is 18.3 Å². The number of rotatable bonds is 0. The predicted octanol–water partition coefficient (Wildman–Crippen LogP) is 3.77. The van der Waals surface area contributed by atoms with E-state index in [0.717, 1.165) is 6.07 Å². The third kappa shape index (κ3) is 1.46. The Labute approximate surface area is 102 Å². The van der Waals surface area contributed by atoms with Crippen molar-refractivity contribution >= 4 is 0 Å². The highest BCUT2D eigenvalue weighted by atomic mass is 19.4. The van der Waals surface area contributed by atoms with E-state index in [2.05, 4.69) is 0 Å². The molecule has 4 heteroatoms. The summed E-state index contributed by atoms with van der Waals surface area (Å²) in [7, 11) is 0. The normalized spacial score (nSPS) is 17.4. The van der Waals surface area contributed by atoms with E-state index in [-0.39, 0.29) is 5.56 Å². The van der Waals surface area contributed by atoms with Crippen LogP contribution < -0.4 is 0 Å². The Bertz CT molecular complexity index is 617. The molecular formula is C14H9F3O. The fourth-order valence-electron chi connectivity index (χ4n) is 2.48. The lowest BCUT2D eigenvalue weighted by molar-refractivity contribution is -0.138. The molecule has 1 aliphatic rings. The lowest BCUT2D eigenvalue weighted by Gasteiger charge is -2.14. The van der Waals surface area contributed by atoms with E-state index >= 15 is 0 Å². The Hall–Kier alpha value is -1.81. The van der Waals surface area contributed by atoms with Gasteiger partial charge >= 0.3 is 6.18 Å². The zero-order valence-electron chi connectivity index (χ0n) is 9.20. The van der Waals surface area contributed by atoms with Crippen LogP contribution in [-0.4, -0.2) is 5.11 Å². The van der Waals surface area contributed by atoms with Crippen molar-refractivity contribution in [2.45, 2.75) is 12.3 Å². The van der Waals surface area contributed by atoms with Crippen LogP contribution in [0.15, 0.2) is 42.5 Å². The van der Waals surface area contributed by atoms with E-state index in [0.29, 0.717) is 16.7 Å². The number of aliphatic hydroxyl groups is 1. The molecular weight excluding hydrogens is 241 g/mol. The molecule has 18 heavy (non-hydrogen) atoms. The molecule has 1 nitrogen and oxygen atoms in total. The fourth-order valence-corrected chi connectivity index (χ4v) is 2.48. The molecule has 0 heterocycles. The Morgan fingerprint density at radius 1 is 0.889 bits per heavy atom. The first-order valence-electron chi connectivity index (χ1n) is 5.47. The summed E-state index contributed by atoms with van der Waals surface area (Å²) in [5, 5.41) is 10.1. The molecule has 2 aromatic rings. The first-order valence-corrected chi connectivity index (χ1v) is 5.47. The minimum absolute atomic E-state index is 0.0359. The van der Waals surface area contributed by atoms with Crippen molar-refractivity contribution in [3.8, 4) is 11.1 Å². The summed E-state index contributed by atoms with van der Waals surface area (Å²) in [6.07, 6.45) is -5.65. The van der Waals surface area contributed by atoms with Crippen molar-refractivity contribution in [3.63, 3.8) is 0 Å². The number of halogens is 3. The van der Waals surface area contributed by atoms with Crippen molar-refractivity contribution in [1.29, 1.82) is 0 Å². The highest BCUT2D eigenvalue weighted by Gasteiger charge is 2.39. The van der Waals surface area contributed by atoms with Crippen LogP contribution in [0.4, 0.5) is 13.2 Å². The van der Waals surface area contributed by atoms with Crippen molar-refractivity contribution in [3.05, 3.63) is 59.2 Å². The smallest absolute Gasteiger partial charge is 0.384 e. The molecule has 0 aromatic heterocycles. The molecule has 1 aliphatic carbocycles. The molecule has 0 spiro atoms. The highest BCUT2D eigenvalue weighted by molar-refractivity contribution is 5.79. The number of fused-ring (bicyclic) bond motifs is 3. The predicted molar refractivity (Wildman–Crippen MR) is 60.9 cm³/mol. The molecule has 0 saturated carbocycles. The van der Waals surface area contributed by atoms with Crippen LogP contribution in [-0.2, 0) is 6.18 Å². The SMILES string of the molecule is OC1c2ccccc2-c2cccc(C(F)(F)F)c21. The molecule has 0 saturated heterocycles. The van der Waals surface area contributed by atoms with Crippen molar-refractivity contribution in [1.82, 2.24) is 0 Å². The molecule has 3 rings (SSSR count). The summed E-state index contributed by atoms with van der Waals surface area (Å²) < 4.78 is 38.8. The molecule has 1 unspecified atom stereocenters. The van der Waals surface area contributed by atoms with Gasteiger partial charge in [0.15, 0.2) is 0 Å². The Morgan fingerprint density at radius 3 is 2.28 bits per heavy atom. The average molecular weight is 250 g/mol. The van der Waals surface area contributed by atoms with Crippen LogP contribution in [0.5, 0.6) is 0 Å². The molecule has 92 valence electrons. The first-order chi connectivity index (χ1) is 8.50. The maximum atomic E-state index is 12.9. The van der Waals surface area contributed by atoms with Gasteiger partial charge in [0.05, 0.1) is 5.56 Å². The largest absolute Gasteiger partial charge is 0.416 e. The van der Waals surface area contributed by atoms with Gasteiger partial charge in [-0.3, -0.25) is 0 Å². The number of benzene rings is 2. The summed E-state index contributed by atoms with van der Waals surface area (Å²) in [6, 6.07) is 10.8. The maximum Gasteiger partial charge on any atom is 0.416 e. The number of aliphatic hydroxyl groups excluding tert-OH is 1. The van der Waals surface area contributed by atoms with E-state index in [1.807, 2.05) is 0 Å². The first kappa shape index (κ1) is 11.3. The Kier molecular flexibility index (Phi) is 2.25. The third-order valence-electron chi connectivity index (χ3n) is 3.23. The van der Waals surface area contributed by atoms with Gasteiger partial charge in [0.2, 0.25) is 0 Å². The van der Waals surface area contributed by atoms with Crippen LogP contribution in [0, 0.1) is 0 Å². The van der Waals surface area contributed by atoms with Crippen LogP contribution in [0.3, 0.4) is 0 Å². The summed E-state index contributed by atoms with van der Waals surface area (Å²) >= 11 is 0. The number of hydrogen-bond acceptors (Lipinski definition) is 1. The number of hydrogen-bond donors (Lipinski definition) is 1. The topological polar surface area (TPSA) is 20.2 Å². The number of alkyl halides is 3. The van der Waals surface area contributed by atoms with Gasteiger partial charge in [-0.15, -0.1) is 0 Å². The average Bonchev–Trinajstić information content (AvgIpc) is 2.63. The monoisotopic (exact) mass is 250 g/mol. The summed E-state index contributed by atoms with van der Waals surface area (Å²) in [5.41, 5.74) is 0.873. The second-order valence-corrected chi connectivity index (χ2v) is 4.25. The standard InChI is InChI=1S/C14H9F3O/c15-14(16,17)11-7-3-6-9-8-4-1-2-5-10(8)13(18)12(9)11/h1-7,13,18H. The Morgan fingerprint density at radius 2 is 1.56 bits per heavy atom. The highest BCUT2D eigenvalue weighted by Crippen LogP contribution is 2.48. The van der Waals surface area contributed by atoms with Gasteiger partial charge in [0, 0.05) is 5.56 Å². The third-order valence-corrected chi connectivity index (χ3v) is 3.23. The Balaban J connectivity index is 2.31. The quantitative estimate of drug-likeness (QED) is 0.754. The van der Waals surface area contributed by atoms with E-state index in [9.17, 15) is 18.3 Å². The fraction of sp³-hybridized carbons (Fsp3) is 0.143. The van der Waals surface area contributed by atoms with Gasteiger partial charge in [0.25, 0.3) is 0 Å². The molecule has 1 atom stereocenters. The van der Waals surface area contributed by atoms with E-state index in [1.165, 1.54) is 6.07 Å². The van der Waals surface area contributed by atoms with Gasteiger partial charge in [0.1, 0.15) is 6.10 Å². The molecule has 0 fully saturated rings. The zero-order valence-corrected chi connectivity index (χ0v) is 9.20. The minimum atomic E-state index is -4.45. The summed E-state index contributed by atoms with van der Waals surface area (Å²) in [4.78, 5) is 0. The van der Waals surface area contributed by atoms with Gasteiger partial charge < -0.3 is 5.11 Å². The molecule has 0 amide bonds. The van der Waals surface area contributed by atoms with Crippen LogP contribution >= 0.6 is 0 Å². The van der Waals surface area contributed by atoms with Gasteiger partial charge in [-0.05, 0) is 22.8 Å². The second-order valence-electron chi connectivity index (χ2n) is 4.25. The molecule has 2 aromatic carbocycles. The summed E-state index contributed by atoms with van der Waals surface area (Å²) in [6.45, 7) is 0. The van der Waals surface area contributed by atoms with E-state index < -0.39 is 17.8 Å². The zero-order chi connectivity index (χ0) is 12.9. The summed E-state index contributed by atoms with van der Waals surface area (Å²) in [5.74, 6) is 0. The minimum Gasteiger partial charge on any atom is -0.384 e. The van der Waals surface area contributed by atoms with Crippen molar-refractivity contribution in [2.24, 2.45) is 0 Å². The van der Waals surface area contributed by atoms with E-state index in [1.54, 1.807) is 30.3 Å². The molecule has 0 aliphatic heterocycles. The van der Waals surface area contributed by atoms with Crippen molar-refractivity contribution in [2.75, 3.05) is 0 Å². The maximum absolute atomic E-state index is 12.9. The van der Waals surface area contributed by atoms with Crippen LogP contribution in [0.2, 0.25) is 0 Å². The second kappa shape index (κ2) is 3.59. The lowest BCUT2D eigenvalue weighted by Crippen LogP contribution is -2.10. The molecule has 1 N–H and O–H groups in total. The molecule has 0 bridgehead atoms. The van der Waals surface area contributed by atoms with Crippen LogP contribution in [0.1, 0.15) is 22.8 Å². The van der Waals surface area contributed by atoms with Crippen LogP contribution in [0.25, 0.3) is 11.1 Å². The van der Waals surface area contributed by atoms with Gasteiger partial charge in [-0.2, -0.15) is 13.2 Å². The van der Waals surface area contributed by atoms with Gasteiger partial charge in [-0.1, -0.05) is 36.4 Å². The lowest BCUT2D eigenvalue weighted by atomic mass is 10.00. The van der Waals surface area contributed by atoms with E-state index in [4.69, 9.17) is 0 Å². The molecule has 0 radical (unpaired) electrons.